The summed E-state index contributed by atoms with van der Waals surface area (Å²) < 4.78 is 28.2. The van der Waals surface area contributed by atoms with Crippen molar-refractivity contribution in [1.29, 1.82) is 0 Å². The number of thiazole rings is 1. The van der Waals surface area contributed by atoms with Crippen LogP contribution in [0.2, 0.25) is 5.02 Å². The molecule has 1 heterocycles. The Morgan fingerprint density at radius 1 is 1.18 bits per heavy atom. The first kappa shape index (κ1) is 15.6. The lowest BCUT2D eigenvalue weighted by molar-refractivity contribution is 0.601. The van der Waals surface area contributed by atoms with Gasteiger partial charge in [0.15, 0.2) is 5.13 Å². The zero-order valence-corrected chi connectivity index (χ0v) is 14.6. The van der Waals surface area contributed by atoms with Gasteiger partial charge < -0.3 is 0 Å². The Bertz CT molecular complexity index is 921. The smallest absolute Gasteiger partial charge is 0.255 e. The molecule has 1 N–H and O–H groups in total. The molecule has 22 heavy (non-hydrogen) atoms. The average Bonchev–Trinajstić information content (AvgIpc) is 2.89. The van der Waals surface area contributed by atoms with Crippen LogP contribution >= 0.6 is 34.7 Å². The van der Waals surface area contributed by atoms with Gasteiger partial charge in [0.2, 0.25) is 0 Å². The van der Waals surface area contributed by atoms with Crippen LogP contribution in [0, 0.1) is 0 Å². The van der Waals surface area contributed by atoms with Crippen LogP contribution in [0.1, 0.15) is 0 Å². The third-order valence-electron chi connectivity index (χ3n) is 2.95. The minimum Gasteiger partial charge on any atom is -0.255 e. The van der Waals surface area contributed by atoms with Gasteiger partial charge in [0.1, 0.15) is 0 Å². The molecule has 0 aliphatic rings. The second-order valence-electron chi connectivity index (χ2n) is 4.39. The van der Waals surface area contributed by atoms with Crippen LogP contribution in [0.25, 0.3) is 10.2 Å². The molecule has 3 rings (SSSR count). The normalized spacial score (nSPS) is 11.7. The highest BCUT2D eigenvalue weighted by molar-refractivity contribution is 7.98. The molecule has 4 nitrogen and oxygen atoms in total. The molecule has 1 aromatic heterocycles. The summed E-state index contributed by atoms with van der Waals surface area (Å²) in [5, 5.41) is 0.843. The fourth-order valence-corrected chi connectivity index (χ4v) is 4.80. The van der Waals surface area contributed by atoms with E-state index in [1.54, 1.807) is 23.9 Å². The molecule has 0 saturated heterocycles. The van der Waals surface area contributed by atoms with Crippen molar-refractivity contribution in [1.82, 2.24) is 4.98 Å². The molecule has 8 heteroatoms. The van der Waals surface area contributed by atoms with Crippen molar-refractivity contribution in [3.8, 4) is 0 Å². The number of aromatic nitrogens is 1. The standard InChI is InChI=1S/C14H11ClN2O2S3/c1-20-11-3-2-4-12-13(11)16-14(21-12)17-22(18,19)10-7-5-9(15)6-8-10/h2-8H,1H3,(H,16,17). The first-order chi connectivity index (χ1) is 10.5. The molecule has 0 atom stereocenters. The number of hydrogen-bond acceptors (Lipinski definition) is 5. The van der Waals surface area contributed by atoms with Crippen LogP contribution in [0.5, 0.6) is 0 Å². The number of para-hydroxylation sites is 1. The predicted octanol–water partition coefficient (Wildman–Crippen LogP) is 4.47. The van der Waals surface area contributed by atoms with E-state index in [1.807, 2.05) is 24.5 Å². The van der Waals surface area contributed by atoms with Gasteiger partial charge in [0.05, 0.1) is 15.1 Å². The van der Waals surface area contributed by atoms with Crippen LogP contribution in [0.15, 0.2) is 52.3 Å². The fraction of sp³-hybridized carbons (Fsp3) is 0.0714. The molecule has 0 bridgehead atoms. The van der Waals surface area contributed by atoms with Crippen LogP contribution in [-0.4, -0.2) is 19.7 Å². The minimum absolute atomic E-state index is 0.154. The molecular weight excluding hydrogens is 360 g/mol. The number of thioether (sulfide) groups is 1. The highest BCUT2D eigenvalue weighted by atomic mass is 35.5. The van der Waals surface area contributed by atoms with Gasteiger partial charge in [-0.15, -0.1) is 11.8 Å². The molecule has 0 spiro atoms. The highest BCUT2D eigenvalue weighted by Crippen LogP contribution is 2.33. The van der Waals surface area contributed by atoms with Crippen LogP contribution in [0.4, 0.5) is 5.13 Å². The molecule has 0 amide bonds. The number of halogens is 1. The van der Waals surface area contributed by atoms with Crippen molar-refractivity contribution in [2.45, 2.75) is 9.79 Å². The summed E-state index contributed by atoms with van der Waals surface area (Å²) in [5.74, 6) is 0. The van der Waals surface area contributed by atoms with E-state index in [-0.39, 0.29) is 4.90 Å². The molecule has 0 saturated carbocycles. The second-order valence-corrected chi connectivity index (χ2v) is 8.38. The zero-order chi connectivity index (χ0) is 15.7. The Balaban J connectivity index is 1.97. The summed E-state index contributed by atoms with van der Waals surface area (Å²) in [7, 11) is -3.66. The van der Waals surface area contributed by atoms with E-state index in [2.05, 4.69) is 9.71 Å². The lowest BCUT2D eigenvalue weighted by atomic mass is 10.3. The molecule has 3 aromatic rings. The van der Waals surface area contributed by atoms with Gasteiger partial charge in [-0.25, -0.2) is 13.4 Å². The van der Waals surface area contributed by atoms with Crippen molar-refractivity contribution in [2.24, 2.45) is 0 Å². The fourth-order valence-electron chi connectivity index (χ4n) is 1.92. The zero-order valence-electron chi connectivity index (χ0n) is 11.4. The van der Waals surface area contributed by atoms with E-state index in [4.69, 9.17) is 11.6 Å². The summed E-state index contributed by atoms with van der Waals surface area (Å²) in [5.41, 5.74) is 0.814. The predicted molar refractivity (Wildman–Crippen MR) is 93.7 cm³/mol. The van der Waals surface area contributed by atoms with Gasteiger partial charge in [0, 0.05) is 9.92 Å². The van der Waals surface area contributed by atoms with Gasteiger partial charge in [0.25, 0.3) is 10.0 Å². The molecule has 0 fully saturated rings. The second kappa shape index (κ2) is 6.08. The molecule has 0 unspecified atom stereocenters. The third kappa shape index (κ3) is 3.08. The maximum atomic E-state index is 12.4. The quantitative estimate of drug-likeness (QED) is 0.688. The van der Waals surface area contributed by atoms with Crippen LogP contribution < -0.4 is 4.72 Å². The number of rotatable bonds is 4. The van der Waals surface area contributed by atoms with Gasteiger partial charge in [-0.2, -0.15) is 0 Å². The summed E-state index contributed by atoms with van der Waals surface area (Å²) in [6.45, 7) is 0. The average molecular weight is 371 g/mol. The first-order valence-corrected chi connectivity index (χ1v) is 10.1. The van der Waals surface area contributed by atoms with Gasteiger partial charge in [-0.1, -0.05) is 29.0 Å². The van der Waals surface area contributed by atoms with Crippen molar-refractivity contribution in [3.63, 3.8) is 0 Å². The lowest BCUT2D eigenvalue weighted by Crippen LogP contribution is -2.12. The highest BCUT2D eigenvalue weighted by Gasteiger charge is 2.17. The van der Waals surface area contributed by atoms with Crippen molar-refractivity contribution < 1.29 is 8.42 Å². The van der Waals surface area contributed by atoms with Gasteiger partial charge in [-0.3, -0.25) is 4.72 Å². The number of nitrogens with zero attached hydrogens (tertiary/aromatic N) is 1. The Kier molecular flexibility index (Phi) is 4.31. The van der Waals surface area contributed by atoms with Gasteiger partial charge >= 0.3 is 0 Å². The molecule has 0 aliphatic carbocycles. The molecular formula is C14H11ClN2O2S3. The van der Waals surface area contributed by atoms with E-state index in [1.165, 1.54) is 23.5 Å². The monoisotopic (exact) mass is 370 g/mol. The Hall–Kier alpha value is -1.28. The van der Waals surface area contributed by atoms with Crippen molar-refractivity contribution in [2.75, 3.05) is 11.0 Å². The topological polar surface area (TPSA) is 59.1 Å². The number of fused-ring (bicyclic) bond motifs is 1. The first-order valence-electron chi connectivity index (χ1n) is 6.21. The van der Waals surface area contributed by atoms with E-state index in [9.17, 15) is 8.42 Å². The van der Waals surface area contributed by atoms with Crippen molar-refractivity contribution >= 4 is 60.1 Å². The SMILES string of the molecule is CSc1cccc2sc(NS(=O)(=O)c3ccc(Cl)cc3)nc12. The maximum absolute atomic E-state index is 12.4. The van der Waals surface area contributed by atoms with Crippen molar-refractivity contribution in [3.05, 3.63) is 47.5 Å². The van der Waals surface area contributed by atoms with Crippen LogP contribution in [-0.2, 0) is 10.0 Å². The Morgan fingerprint density at radius 2 is 1.91 bits per heavy atom. The molecule has 0 radical (unpaired) electrons. The summed E-state index contributed by atoms with van der Waals surface area (Å²) >= 11 is 8.67. The Morgan fingerprint density at radius 3 is 2.59 bits per heavy atom. The maximum Gasteiger partial charge on any atom is 0.263 e. The molecule has 0 aliphatic heterocycles. The Labute approximate surface area is 141 Å². The van der Waals surface area contributed by atoms with Gasteiger partial charge in [-0.05, 0) is 42.7 Å². The number of nitrogens with one attached hydrogen (secondary N) is 1. The summed E-state index contributed by atoms with van der Waals surface area (Å²) in [6, 6.07) is 11.8. The minimum atomic E-state index is -3.66. The number of anilines is 1. The van der Waals surface area contributed by atoms with E-state index in [0.29, 0.717) is 10.2 Å². The largest absolute Gasteiger partial charge is 0.263 e. The number of benzene rings is 2. The van der Waals surface area contributed by atoms with E-state index >= 15 is 0 Å². The lowest BCUT2D eigenvalue weighted by Gasteiger charge is -2.04. The van der Waals surface area contributed by atoms with E-state index in [0.717, 1.165) is 15.1 Å². The summed E-state index contributed by atoms with van der Waals surface area (Å²) in [6.07, 6.45) is 1.96. The molecule has 114 valence electrons. The third-order valence-corrected chi connectivity index (χ3v) is 6.39. The van der Waals surface area contributed by atoms with Crippen LogP contribution in [0.3, 0.4) is 0 Å². The number of hydrogen-bond donors (Lipinski definition) is 1. The number of sulfonamides is 1. The molecule has 2 aromatic carbocycles. The summed E-state index contributed by atoms with van der Waals surface area (Å²) in [4.78, 5) is 5.57. The van der Waals surface area contributed by atoms with E-state index < -0.39 is 10.0 Å².